The van der Waals surface area contributed by atoms with Gasteiger partial charge in [0.15, 0.2) is 0 Å². The molecule has 0 aliphatic carbocycles. The summed E-state index contributed by atoms with van der Waals surface area (Å²) in [5.74, 6) is -0.854. The first kappa shape index (κ1) is 23.8. The Labute approximate surface area is 194 Å². The monoisotopic (exact) mass is 456 g/mol. The molecule has 0 unspecified atom stereocenters. The maximum Gasteiger partial charge on any atom is 0.295 e. The predicted octanol–water partition coefficient (Wildman–Crippen LogP) is 4.50. The van der Waals surface area contributed by atoms with E-state index >= 15 is 0 Å². The van der Waals surface area contributed by atoms with Crippen LogP contribution in [0.4, 0.5) is 0 Å². The van der Waals surface area contributed by atoms with Crippen LogP contribution in [-0.4, -0.2) is 59.4 Å². The van der Waals surface area contributed by atoms with Crippen molar-refractivity contribution in [3.8, 4) is 5.75 Å². The van der Waals surface area contributed by atoms with Crippen LogP contribution in [0.1, 0.15) is 37.9 Å². The van der Waals surface area contributed by atoms with Gasteiger partial charge in [0.1, 0.15) is 11.5 Å². The second kappa shape index (κ2) is 10.7. The van der Waals surface area contributed by atoms with Gasteiger partial charge in [-0.3, -0.25) is 9.59 Å². The molecule has 2 aromatic rings. The van der Waals surface area contributed by atoms with E-state index in [4.69, 9.17) is 16.3 Å². The fourth-order valence-electron chi connectivity index (χ4n) is 3.95. The maximum absolute atomic E-state index is 13.1. The minimum atomic E-state index is -0.712. The van der Waals surface area contributed by atoms with E-state index in [9.17, 15) is 14.7 Å². The van der Waals surface area contributed by atoms with Crippen molar-refractivity contribution in [2.75, 3.05) is 32.8 Å². The number of carbonyl (C=O) groups is 2. The van der Waals surface area contributed by atoms with Crippen LogP contribution < -0.4 is 4.74 Å². The number of ketones is 1. The third-order valence-electron chi connectivity index (χ3n) is 5.69. The summed E-state index contributed by atoms with van der Waals surface area (Å²) >= 11 is 6.22. The molecule has 0 radical (unpaired) electrons. The molecule has 1 aliphatic heterocycles. The molecule has 2 aromatic carbocycles. The number of rotatable bonds is 9. The third-order valence-corrected chi connectivity index (χ3v) is 5.93. The largest absolute Gasteiger partial charge is 0.507 e. The van der Waals surface area contributed by atoms with Crippen LogP contribution in [-0.2, 0) is 9.59 Å². The highest BCUT2D eigenvalue weighted by Crippen LogP contribution is 2.40. The van der Waals surface area contributed by atoms with E-state index in [1.807, 2.05) is 13.0 Å². The zero-order valence-electron chi connectivity index (χ0n) is 18.7. The number of halogens is 1. The zero-order valence-corrected chi connectivity index (χ0v) is 19.4. The number of nitrogens with zero attached hydrogens (tertiary/aromatic N) is 2. The number of carbonyl (C=O) groups excluding carboxylic acids is 2. The van der Waals surface area contributed by atoms with Crippen molar-refractivity contribution in [2.24, 2.45) is 0 Å². The quantitative estimate of drug-likeness (QED) is 0.341. The molecule has 0 bridgehead atoms. The molecule has 1 atom stereocenters. The Bertz CT molecular complexity index is 999. The normalized spacial score (nSPS) is 17.9. The van der Waals surface area contributed by atoms with Crippen molar-refractivity contribution < 1.29 is 19.4 Å². The number of aliphatic hydroxyl groups is 1. The lowest BCUT2D eigenvalue weighted by Crippen LogP contribution is -2.38. The number of likely N-dealkylation sites (N-methyl/N-ethyl adjacent to an activating group) is 1. The van der Waals surface area contributed by atoms with E-state index in [1.165, 1.54) is 4.90 Å². The lowest BCUT2D eigenvalue weighted by atomic mass is 9.95. The summed E-state index contributed by atoms with van der Waals surface area (Å²) in [4.78, 5) is 29.8. The molecular formula is C25H29ClN2O4. The van der Waals surface area contributed by atoms with Gasteiger partial charge in [0.2, 0.25) is 0 Å². The average Bonchev–Trinajstić information content (AvgIpc) is 3.05. The number of hydrogen-bond acceptors (Lipinski definition) is 5. The van der Waals surface area contributed by atoms with Gasteiger partial charge in [0.05, 0.1) is 18.2 Å². The summed E-state index contributed by atoms with van der Waals surface area (Å²) in [7, 11) is 0. The summed E-state index contributed by atoms with van der Waals surface area (Å²) in [5.41, 5.74) is 1.20. The van der Waals surface area contributed by atoms with Crippen LogP contribution in [0, 0.1) is 0 Å². The molecule has 1 saturated heterocycles. The van der Waals surface area contributed by atoms with Gasteiger partial charge in [0.25, 0.3) is 11.7 Å². The highest BCUT2D eigenvalue weighted by atomic mass is 35.5. The molecule has 3 rings (SSSR count). The Kier molecular flexibility index (Phi) is 7.94. The number of amides is 1. The van der Waals surface area contributed by atoms with Crippen molar-refractivity contribution in [3.05, 3.63) is 70.3 Å². The van der Waals surface area contributed by atoms with Crippen LogP contribution in [0.3, 0.4) is 0 Å². The average molecular weight is 457 g/mol. The first-order chi connectivity index (χ1) is 15.4. The van der Waals surface area contributed by atoms with Crippen LogP contribution in [0.25, 0.3) is 5.76 Å². The molecule has 6 nitrogen and oxygen atoms in total. The Morgan fingerprint density at radius 1 is 1.09 bits per heavy atom. The molecule has 1 aliphatic rings. The lowest BCUT2D eigenvalue weighted by Gasteiger charge is -2.28. The lowest BCUT2D eigenvalue weighted by molar-refractivity contribution is -0.140. The number of likely N-dealkylation sites (tertiary alicyclic amines) is 1. The molecule has 1 amide bonds. The van der Waals surface area contributed by atoms with Crippen molar-refractivity contribution in [2.45, 2.75) is 26.8 Å². The standard InChI is InChI=1S/C25H29ClN2O4/c1-4-27(5-2)14-15-28-22(18-8-7-9-19(26)16-18)21(24(30)25(28)31)23(29)17-10-12-20(13-11-17)32-6-3/h7-13,16,22,29H,4-6,14-15H2,1-3H3/b23-21+/t22-/m1/s1. The number of Topliss-reactive ketones (excluding diaryl/α,β-unsaturated/α-hetero) is 1. The third kappa shape index (κ3) is 4.97. The highest BCUT2D eigenvalue weighted by Gasteiger charge is 2.46. The minimum Gasteiger partial charge on any atom is -0.507 e. The summed E-state index contributed by atoms with van der Waals surface area (Å²) in [6.07, 6.45) is 0. The summed E-state index contributed by atoms with van der Waals surface area (Å²) < 4.78 is 5.45. The van der Waals surface area contributed by atoms with Crippen molar-refractivity contribution in [1.82, 2.24) is 9.80 Å². The fourth-order valence-corrected chi connectivity index (χ4v) is 4.15. The summed E-state index contributed by atoms with van der Waals surface area (Å²) in [5, 5.41) is 11.6. The number of hydrogen-bond donors (Lipinski definition) is 1. The minimum absolute atomic E-state index is 0.0703. The smallest absolute Gasteiger partial charge is 0.295 e. The Morgan fingerprint density at radius 2 is 1.78 bits per heavy atom. The van der Waals surface area contributed by atoms with Gasteiger partial charge in [-0.05, 0) is 62.0 Å². The second-order valence-corrected chi connectivity index (χ2v) is 7.97. The zero-order chi connectivity index (χ0) is 23.3. The van der Waals surface area contributed by atoms with Crippen LogP contribution in [0.2, 0.25) is 5.02 Å². The van der Waals surface area contributed by atoms with Crippen LogP contribution >= 0.6 is 11.6 Å². The van der Waals surface area contributed by atoms with Gasteiger partial charge in [-0.15, -0.1) is 0 Å². The van der Waals surface area contributed by atoms with E-state index < -0.39 is 17.7 Å². The van der Waals surface area contributed by atoms with Gasteiger partial charge in [0, 0.05) is 23.7 Å². The number of benzene rings is 2. The number of aliphatic hydroxyl groups excluding tert-OH is 1. The highest BCUT2D eigenvalue weighted by molar-refractivity contribution is 6.46. The van der Waals surface area contributed by atoms with Gasteiger partial charge >= 0.3 is 0 Å². The van der Waals surface area contributed by atoms with E-state index in [-0.39, 0.29) is 11.3 Å². The molecule has 32 heavy (non-hydrogen) atoms. The van der Waals surface area contributed by atoms with E-state index in [0.717, 1.165) is 13.1 Å². The topological polar surface area (TPSA) is 70.1 Å². The van der Waals surface area contributed by atoms with Crippen molar-refractivity contribution in [1.29, 1.82) is 0 Å². The van der Waals surface area contributed by atoms with Gasteiger partial charge in [-0.2, -0.15) is 0 Å². The van der Waals surface area contributed by atoms with Gasteiger partial charge < -0.3 is 19.6 Å². The van der Waals surface area contributed by atoms with Gasteiger partial charge in [-0.1, -0.05) is 37.6 Å². The number of ether oxygens (including phenoxy) is 1. The Morgan fingerprint density at radius 3 is 2.38 bits per heavy atom. The molecule has 0 spiro atoms. The molecule has 170 valence electrons. The molecule has 0 aromatic heterocycles. The van der Waals surface area contributed by atoms with E-state index in [2.05, 4.69) is 18.7 Å². The first-order valence-electron chi connectivity index (χ1n) is 10.9. The molecule has 0 saturated carbocycles. The summed E-state index contributed by atoms with van der Waals surface area (Å²) in [6.45, 7) is 9.19. The first-order valence-corrected chi connectivity index (χ1v) is 11.3. The predicted molar refractivity (Wildman–Crippen MR) is 126 cm³/mol. The fraction of sp³-hybridized carbons (Fsp3) is 0.360. The van der Waals surface area contributed by atoms with Crippen molar-refractivity contribution in [3.63, 3.8) is 0 Å². The molecule has 7 heteroatoms. The molecular weight excluding hydrogens is 428 g/mol. The van der Waals surface area contributed by atoms with E-state index in [0.29, 0.717) is 41.6 Å². The Hall–Kier alpha value is -2.83. The van der Waals surface area contributed by atoms with Gasteiger partial charge in [-0.25, -0.2) is 0 Å². The molecule has 1 N–H and O–H groups in total. The molecule has 1 heterocycles. The maximum atomic E-state index is 13.1. The SMILES string of the molecule is CCOc1ccc(/C(O)=C2\C(=O)C(=O)N(CCN(CC)CC)[C@@H]2c2cccc(Cl)c2)cc1. The van der Waals surface area contributed by atoms with Crippen molar-refractivity contribution >= 4 is 29.1 Å². The Balaban J connectivity index is 2.06. The molecule has 1 fully saturated rings. The van der Waals surface area contributed by atoms with Crippen LogP contribution in [0.15, 0.2) is 54.1 Å². The second-order valence-electron chi connectivity index (χ2n) is 7.53. The van der Waals surface area contributed by atoms with E-state index in [1.54, 1.807) is 42.5 Å². The van der Waals surface area contributed by atoms with Crippen LogP contribution in [0.5, 0.6) is 5.75 Å². The summed E-state index contributed by atoms with van der Waals surface area (Å²) in [6, 6.07) is 13.2.